The summed E-state index contributed by atoms with van der Waals surface area (Å²) < 4.78 is 1.68. The predicted molar refractivity (Wildman–Crippen MR) is 74.5 cm³/mol. The number of nitrogen functional groups attached to an aromatic ring is 1. The second-order valence-corrected chi connectivity index (χ2v) is 4.32. The SMILES string of the molecule is Cn1cnc(CNc2ccnc3cc(N)ccc23)n1. The Labute approximate surface area is 110 Å². The number of anilines is 2. The Kier molecular flexibility index (Phi) is 2.75. The molecule has 0 spiro atoms. The first-order valence-corrected chi connectivity index (χ1v) is 5.95. The Morgan fingerprint density at radius 3 is 2.95 bits per heavy atom. The first kappa shape index (κ1) is 11.5. The molecule has 2 aromatic heterocycles. The number of nitrogens with zero attached hydrogens (tertiary/aromatic N) is 4. The van der Waals surface area contributed by atoms with Gasteiger partial charge < -0.3 is 11.1 Å². The summed E-state index contributed by atoms with van der Waals surface area (Å²) in [6, 6.07) is 7.63. The fraction of sp³-hybridized carbons (Fsp3) is 0.154. The van der Waals surface area contributed by atoms with Gasteiger partial charge in [-0.25, -0.2) is 4.98 Å². The number of aryl methyl sites for hydroxylation is 1. The van der Waals surface area contributed by atoms with E-state index in [0.29, 0.717) is 12.2 Å². The molecule has 1 aromatic carbocycles. The number of nitrogens with two attached hydrogens (primary N) is 1. The molecule has 0 atom stereocenters. The Balaban J connectivity index is 1.88. The van der Waals surface area contributed by atoms with Gasteiger partial charge >= 0.3 is 0 Å². The molecule has 3 rings (SSSR count). The number of aromatic nitrogens is 4. The average Bonchev–Trinajstić information content (AvgIpc) is 2.81. The summed E-state index contributed by atoms with van der Waals surface area (Å²) in [5.74, 6) is 0.753. The highest BCUT2D eigenvalue weighted by Crippen LogP contribution is 2.23. The Morgan fingerprint density at radius 1 is 1.26 bits per heavy atom. The van der Waals surface area contributed by atoms with Crippen molar-refractivity contribution in [3.05, 3.63) is 42.6 Å². The fourth-order valence-corrected chi connectivity index (χ4v) is 1.96. The predicted octanol–water partition coefficient (Wildman–Crippen LogP) is 1.56. The molecule has 2 heterocycles. The molecule has 0 saturated carbocycles. The Hall–Kier alpha value is -2.63. The molecule has 0 aliphatic heterocycles. The normalized spacial score (nSPS) is 10.8. The molecule has 19 heavy (non-hydrogen) atoms. The van der Waals surface area contributed by atoms with Gasteiger partial charge in [-0.1, -0.05) is 0 Å². The summed E-state index contributed by atoms with van der Waals surface area (Å²) in [6.45, 7) is 0.574. The number of nitrogens with one attached hydrogen (secondary N) is 1. The third kappa shape index (κ3) is 2.33. The maximum Gasteiger partial charge on any atom is 0.169 e. The zero-order valence-corrected chi connectivity index (χ0v) is 10.5. The highest BCUT2D eigenvalue weighted by atomic mass is 15.3. The van der Waals surface area contributed by atoms with Crippen LogP contribution in [0, 0.1) is 0 Å². The highest BCUT2D eigenvalue weighted by molar-refractivity contribution is 5.92. The molecular weight excluding hydrogens is 240 g/mol. The molecule has 0 aliphatic rings. The number of benzene rings is 1. The molecule has 6 heteroatoms. The number of hydrogen-bond donors (Lipinski definition) is 2. The van der Waals surface area contributed by atoms with Gasteiger partial charge in [0.2, 0.25) is 0 Å². The maximum atomic E-state index is 5.76. The molecule has 3 N–H and O–H groups in total. The standard InChI is InChI=1S/C13H14N6/c1-19-8-17-13(18-19)7-16-11-4-5-15-12-6-9(14)2-3-10(11)12/h2-6,8H,7,14H2,1H3,(H,15,16). The van der Waals surface area contributed by atoms with Crippen molar-refractivity contribution in [2.45, 2.75) is 6.54 Å². The molecule has 0 aliphatic carbocycles. The van der Waals surface area contributed by atoms with Crippen molar-refractivity contribution in [1.82, 2.24) is 19.7 Å². The van der Waals surface area contributed by atoms with Crippen LogP contribution in [0.3, 0.4) is 0 Å². The lowest BCUT2D eigenvalue weighted by atomic mass is 10.1. The first-order valence-electron chi connectivity index (χ1n) is 5.95. The molecule has 3 aromatic rings. The third-order valence-corrected chi connectivity index (χ3v) is 2.85. The number of hydrogen-bond acceptors (Lipinski definition) is 5. The Bertz CT molecular complexity index is 718. The fourth-order valence-electron chi connectivity index (χ4n) is 1.96. The van der Waals surface area contributed by atoms with Gasteiger partial charge in [0.05, 0.1) is 12.1 Å². The number of rotatable bonds is 3. The van der Waals surface area contributed by atoms with Crippen LogP contribution in [0.15, 0.2) is 36.8 Å². The zero-order chi connectivity index (χ0) is 13.2. The van der Waals surface area contributed by atoms with Crippen LogP contribution in [0.4, 0.5) is 11.4 Å². The monoisotopic (exact) mass is 254 g/mol. The highest BCUT2D eigenvalue weighted by Gasteiger charge is 2.03. The summed E-state index contributed by atoms with van der Waals surface area (Å²) in [7, 11) is 1.85. The van der Waals surface area contributed by atoms with Crippen LogP contribution in [-0.2, 0) is 13.6 Å². The lowest BCUT2D eigenvalue weighted by Crippen LogP contribution is -2.03. The van der Waals surface area contributed by atoms with Gasteiger partial charge in [-0.15, -0.1) is 0 Å². The van der Waals surface area contributed by atoms with Gasteiger partial charge in [0.15, 0.2) is 5.82 Å². The van der Waals surface area contributed by atoms with Crippen molar-refractivity contribution in [2.75, 3.05) is 11.1 Å². The molecule has 0 radical (unpaired) electrons. The lowest BCUT2D eigenvalue weighted by molar-refractivity contribution is 0.747. The quantitative estimate of drug-likeness (QED) is 0.693. The molecule has 0 bridgehead atoms. The van der Waals surface area contributed by atoms with Gasteiger partial charge in [-0.2, -0.15) is 5.10 Å². The molecule has 96 valence electrons. The van der Waals surface area contributed by atoms with Gasteiger partial charge in [0.1, 0.15) is 6.33 Å². The van der Waals surface area contributed by atoms with Crippen LogP contribution in [0.1, 0.15) is 5.82 Å². The van der Waals surface area contributed by atoms with Crippen LogP contribution >= 0.6 is 0 Å². The van der Waals surface area contributed by atoms with E-state index in [9.17, 15) is 0 Å². The first-order chi connectivity index (χ1) is 9.22. The van der Waals surface area contributed by atoms with Crippen LogP contribution in [0.5, 0.6) is 0 Å². The van der Waals surface area contributed by atoms with Crippen molar-refractivity contribution >= 4 is 22.3 Å². The van der Waals surface area contributed by atoms with E-state index in [0.717, 1.165) is 22.4 Å². The molecule has 0 unspecified atom stereocenters. The number of pyridine rings is 1. The average molecular weight is 254 g/mol. The van der Waals surface area contributed by atoms with Crippen LogP contribution in [-0.4, -0.2) is 19.7 Å². The molecule has 6 nitrogen and oxygen atoms in total. The number of fused-ring (bicyclic) bond motifs is 1. The molecular formula is C13H14N6. The summed E-state index contributed by atoms with van der Waals surface area (Å²) in [5, 5.41) is 8.58. The van der Waals surface area contributed by atoms with Crippen LogP contribution in [0.25, 0.3) is 10.9 Å². The van der Waals surface area contributed by atoms with E-state index >= 15 is 0 Å². The van der Waals surface area contributed by atoms with E-state index in [1.165, 1.54) is 0 Å². The summed E-state index contributed by atoms with van der Waals surface area (Å²) in [4.78, 5) is 8.49. The lowest BCUT2D eigenvalue weighted by Gasteiger charge is -2.08. The third-order valence-electron chi connectivity index (χ3n) is 2.85. The topological polar surface area (TPSA) is 81.7 Å². The molecule has 0 saturated heterocycles. The van der Waals surface area contributed by atoms with Crippen molar-refractivity contribution in [3.8, 4) is 0 Å². The smallest absolute Gasteiger partial charge is 0.169 e. The summed E-state index contributed by atoms with van der Waals surface area (Å²) in [6.07, 6.45) is 3.44. The minimum absolute atomic E-state index is 0.574. The minimum atomic E-state index is 0.574. The molecule has 0 amide bonds. The largest absolute Gasteiger partial charge is 0.399 e. The van der Waals surface area contributed by atoms with E-state index < -0.39 is 0 Å². The minimum Gasteiger partial charge on any atom is -0.399 e. The second kappa shape index (κ2) is 4.56. The van der Waals surface area contributed by atoms with E-state index in [4.69, 9.17) is 5.73 Å². The summed E-state index contributed by atoms with van der Waals surface area (Å²) >= 11 is 0. The zero-order valence-electron chi connectivity index (χ0n) is 10.5. The van der Waals surface area contributed by atoms with Gasteiger partial charge in [0.25, 0.3) is 0 Å². The van der Waals surface area contributed by atoms with Crippen molar-refractivity contribution < 1.29 is 0 Å². The van der Waals surface area contributed by atoms with E-state index in [2.05, 4.69) is 20.4 Å². The van der Waals surface area contributed by atoms with Gasteiger partial charge in [-0.05, 0) is 24.3 Å². The maximum absolute atomic E-state index is 5.76. The van der Waals surface area contributed by atoms with E-state index in [1.54, 1.807) is 17.2 Å². The second-order valence-electron chi connectivity index (χ2n) is 4.32. The van der Waals surface area contributed by atoms with Crippen LogP contribution in [0.2, 0.25) is 0 Å². The van der Waals surface area contributed by atoms with Crippen LogP contribution < -0.4 is 11.1 Å². The van der Waals surface area contributed by atoms with Gasteiger partial charge in [-0.3, -0.25) is 9.67 Å². The van der Waals surface area contributed by atoms with E-state index in [1.807, 2.05) is 31.3 Å². The Morgan fingerprint density at radius 2 is 2.16 bits per heavy atom. The summed E-state index contributed by atoms with van der Waals surface area (Å²) in [5.41, 5.74) is 8.34. The van der Waals surface area contributed by atoms with E-state index in [-0.39, 0.29) is 0 Å². The molecule has 0 fully saturated rings. The van der Waals surface area contributed by atoms with Gasteiger partial charge in [0, 0.05) is 30.0 Å². The van der Waals surface area contributed by atoms with Crippen molar-refractivity contribution in [2.24, 2.45) is 7.05 Å². The van der Waals surface area contributed by atoms with Crippen molar-refractivity contribution in [3.63, 3.8) is 0 Å². The van der Waals surface area contributed by atoms with Crippen molar-refractivity contribution in [1.29, 1.82) is 0 Å².